The van der Waals surface area contributed by atoms with Crippen LogP contribution in [0.15, 0.2) is 36.7 Å². The van der Waals surface area contributed by atoms with Crippen LogP contribution in [0.3, 0.4) is 0 Å². The molecule has 90 valence electrons. The lowest BCUT2D eigenvalue weighted by Crippen LogP contribution is -1.97. The molecule has 0 bridgehead atoms. The van der Waals surface area contributed by atoms with E-state index in [-0.39, 0.29) is 5.56 Å². The highest BCUT2D eigenvalue weighted by atomic mass is 19.1. The van der Waals surface area contributed by atoms with E-state index in [4.69, 9.17) is 5.26 Å². The molecule has 1 heterocycles. The molecular formula is C14H11FN2O. The van der Waals surface area contributed by atoms with Crippen LogP contribution in [-0.2, 0) is 0 Å². The summed E-state index contributed by atoms with van der Waals surface area (Å²) >= 11 is 0. The van der Waals surface area contributed by atoms with Crippen LogP contribution >= 0.6 is 0 Å². The largest absolute Gasteiger partial charge is 0.389 e. The molecular weight excluding hydrogens is 231 g/mol. The van der Waals surface area contributed by atoms with Gasteiger partial charge in [0.2, 0.25) is 0 Å². The number of nitrogens with zero attached hydrogens (tertiary/aromatic N) is 2. The van der Waals surface area contributed by atoms with Gasteiger partial charge in [0.15, 0.2) is 0 Å². The summed E-state index contributed by atoms with van der Waals surface area (Å²) in [7, 11) is 0. The molecule has 1 N–H and O–H groups in total. The Morgan fingerprint density at radius 3 is 2.72 bits per heavy atom. The molecule has 0 spiro atoms. The number of benzene rings is 1. The summed E-state index contributed by atoms with van der Waals surface area (Å²) in [6.07, 6.45) is 2.35. The van der Waals surface area contributed by atoms with Crippen molar-refractivity contribution >= 4 is 0 Å². The SMILES string of the molecule is C[C@H](O)c1ccncc1-c1ccc(C#N)cc1F. The second-order valence-corrected chi connectivity index (χ2v) is 3.95. The molecule has 0 radical (unpaired) electrons. The van der Waals surface area contributed by atoms with Crippen molar-refractivity contribution in [3.05, 3.63) is 53.6 Å². The van der Waals surface area contributed by atoms with Crippen molar-refractivity contribution in [2.24, 2.45) is 0 Å². The van der Waals surface area contributed by atoms with Crippen LogP contribution in [0.2, 0.25) is 0 Å². The zero-order valence-corrected chi connectivity index (χ0v) is 9.76. The second kappa shape index (κ2) is 4.94. The van der Waals surface area contributed by atoms with Gasteiger partial charge in [0.05, 0.1) is 17.7 Å². The first-order valence-electron chi connectivity index (χ1n) is 5.45. The van der Waals surface area contributed by atoms with Gasteiger partial charge in [0.25, 0.3) is 0 Å². The van der Waals surface area contributed by atoms with Gasteiger partial charge in [0.1, 0.15) is 5.82 Å². The van der Waals surface area contributed by atoms with E-state index in [9.17, 15) is 9.50 Å². The van der Waals surface area contributed by atoms with E-state index in [2.05, 4.69) is 4.98 Å². The van der Waals surface area contributed by atoms with Crippen LogP contribution in [0.5, 0.6) is 0 Å². The molecule has 0 saturated carbocycles. The van der Waals surface area contributed by atoms with Gasteiger partial charge in [-0.25, -0.2) is 4.39 Å². The molecule has 0 amide bonds. The Labute approximate surface area is 104 Å². The summed E-state index contributed by atoms with van der Waals surface area (Å²) in [4.78, 5) is 3.95. The average Bonchev–Trinajstić information content (AvgIpc) is 2.38. The number of hydrogen-bond acceptors (Lipinski definition) is 3. The van der Waals surface area contributed by atoms with Crippen LogP contribution < -0.4 is 0 Å². The van der Waals surface area contributed by atoms with Crippen molar-refractivity contribution in [1.82, 2.24) is 4.98 Å². The number of pyridine rings is 1. The third-order valence-corrected chi connectivity index (χ3v) is 2.69. The van der Waals surface area contributed by atoms with Crippen LogP contribution in [0.25, 0.3) is 11.1 Å². The van der Waals surface area contributed by atoms with E-state index in [1.54, 1.807) is 19.2 Å². The quantitative estimate of drug-likeness (QED) is 0.880. The number of rotatable bonds is 2. The van der Waals surface area contributed by atoms with Crippen molar-refractivity contribution in [2.45, 2.75) is 13.0 Å². The first-order chi connectivity index (χ1) is 8.63. The molecule has 0 unspecified atom stereocenters. The first kappa shape index (κ1) is 12.2. The number of aliphatic hydroxyl groups excluding tert-OH is 1. The van der Waals surface area contributed by atoms with Crippen LogP contribution in [-0.4, -0.2) is 10.1 Å². The van der Waals surface area contributed by atoms with Crippen molar-refractivity contribution in [2.75, 3.05) is 0 Å². The van der Waals surface area contributed by atoms with Gasteiger partial charge in [-0.05, 0) is 30.7 Å². The minimum atomic E-state index is -0.710. The Hall–Kier alpha value is -2.25. The Bertz CT molecular complexity index is 617. The highest BCUT2D eigenvalue weighted by molar-refractivity contribution is 5.68. The normalized spacial score (nSPS) is 11.9. The summed E-state index contributed by atoms with van der Waals surface area (Å²) in [6, 6.07) is 7.77. The zero-order chi connectivity index (χ0) is 13.1. The number of nitriles is 1. The fourth-order valence-electron chi connectivity index (χ4n) is 1.80. The lowest BCUT2D eigenvalue weighted by molar-refractivity contribution is 0.200. The van der Waals surface area contributed by atoms with E-state index in [0.717, 1.165) is 0 Å². The van der Waals surface area contributed by atoms with Gasteiger partial charge in [-0.2, -0.15) is 5.26 Å². The molecule has 1 aromatic heterocycles. The molecule has 0 aliphatic rings. The molecule has 0 saturated heterocycles. The zero-order valence-electron chi connectivity index (χ0n) is 9.76. The van der Waals surface area contributed by atoms with Crippen LogP contribution in [0.1, 0.15) is 24.2 Å². The Balaban J connectivity index is 2.60. The van der Waals surface area contributed by atoms with Crippen molar-refractivity contribution in [3.8, 4) is 17.2 Å². The van der Waals surface area contributed by atoms with Crippen LogP contribution in [0, 0.1) is 17.1 Å². The predicted octanol–water partition coefficient (Wildman–Crippen LogP) is 2.81. The lowest BCUT2D eigenvalue weighted by Gasteiger charge is -2.12. The topological polar surface area (TPSA) is 56.9 Å². The maximum Gasteiger partial charge on any atom is 0.132 e. The summed E-state index contributed by atoms with van der Waals surface area (Å²) in [5.41, 5.74) is 1.74. The van der Waals surface area contributed by atoms with E-state index in [1.807, 2.05) is 6.07 Å². The van der Waals surface area contributed by atoms with Gasteiger partial charge >= 0.3 is 0 Å². The van der Waals surface area contributed by atoms with Gasteiger partial charge in [-0.15, -0.1) is 0 Å². The minimum Gasteiger partial charge on any atom is -0.389 e. The summed E-state index contributed by atoms with van der Waals surface area (Å²) in [5, 5.41) is 18.4. The molecule has 1 aromatic carbocycles. The summed E-state index contributed by atoms with van der Waals surface area (Å²) in [5.74, 6) is -0.496. The van der Waals surface area contributed by atoms with Gasteiger partial charge in [-0.1, -0.05) is 6.07 Å². The van der Waals surface area contributed by atoms with Crippen molar-refractivity contribution < 1.29 is 9.50 Å². The van der Waals surface area contributed by atoms with Gasteiger partial charge in [-0.3, -0.25) is 4.98 Å². The molecule has 4 heteroatoms. The summed E-state index contributed by atoms with van der Waals surface area (Å²) in [6.45, 7) is 1.61. The maximum atomic E-state index is 13.9. The lowest BCUT2D eigenvalue weighted by atomic mass is 9.98. The second-order valence-electron chi connectivity index (χ2n) is 3.95. The van der Waals surface area contributed by atoms with E-state index < -0.39 is 11.9 Å². The minimum absolute atomic E-state index is 0.263. The van der Waals surface area contributed by atoms with E-state index in [1.165, 1.54) is 24.4 Å². The Morgan fingerprint density at radius 2 is 2.11 bits per heavy atom. The molecule has 1 atom stereocenters. The molecule has 3 nitrogen and oxygen atoms in total. The van der Waals surface area contributed by atoms with Gasteiger partial charge < -0.3 is 5.11 Å². The third kappa shape index (κ3) is 2.22. The van der Waals surface area contributed by atoms with E-state index in [0.29, 0.717) is 16.7 Å². The molecule has 0 aliphatic heterocycles. The maximum absolute atomic E-state index is 13.9. The molecule has 2 aromatic rings. The van der Waals surface area contributed by atoms with Gasteiger partial charge in [0, 0.05) is 23.5 Å². The smallest absolute Gasteiger partial charge is 0.132 e. The monoisotopic (exact) mass is 242 g/mol. The van der Waals surface area contributed by atoms with Crippen molar-refractivity contribution in [1.29, 1.82) is 5.26 Å². The average molecular weight is 242 g/mol. The number of hydrogen-bond donors (Lipinski definition) is 1. The Kier molecular flexibility index (Phi) is 3.35. The Morgan fingerprint density at radius 1 is 1.33 bits per heavy atom. The molecule has 18 heavy (non-hydrogen) atoms. The van der Waals surface area contributed by atoms with Crippen LogP contribution in [0.4, 0.5) is 4.39 Å². The highest BCUT2D eigenvalue weighted by Gasteiger charge is 2.13. The fourth-order valence-corrected chi connectivity index (χ4v) is 1.80. The number of halogens is 1. The molecule has 2 rings (SSSR count). The molecule has 0 aliphatic carbocycles. The van der Waals surface area contributed by atoms with Crippen molar-refractivity contribution in [3.63, 3.8) is 0 Å². The number of aliphatic hydroxyl groups is 1. The third-order valence-electron chi connectivity index (χ3n) is 2.69. The molecule has 0 fully saturated rings. The highest BCUT2D eigenvalue weighted by Crippen LogP contribution is 2.29. The standard InChI is InChI=1S/C14H11FN2O/c1-9(18)11-4-5-17-8-13(11)12-3-2-10(7-16)6-14(12)15/h2-6,8-9,18H,1H3/t9-/m0/s1. The van der Waals surface area contributed by atoms with E-state index >= 15 is 0 Å². The predicted molar refractivity (Wildman–Crippen MR) is 65.0 cm³/mol. The fraction of sp³-hybridized carbons (Fsp3) is 0.143. The summed E-state index contributed by atoms with van der Waals surface area (Å²) < 4.78 is 13.9. The first-order valence-corrected chi connectivity index (χ1v) is 5.45. The number of aromatic nitrogens is 1.